The molecule has 1 aromatic carbocycles. The standard InChI is InChI=1S/C16H20ClNO4/c1-9-8-18(5)12-7-10(17)6-11(13(12)21-9)14(19)22-15(20)16(2,3)4/h6-7,9H,8H2,1-5H3. The summed E-state index contributed by atoms with van der Waals surface area (Å²) < 4.78 is 10.7. The molecule has 0 fully saturated rings. The highest BCUT2D eigenvalue weighted by atomic mass is 35.5. The monoisotopic (exact) mass is 325 g/mol. The van der Waals surface area contributed by atoms with Gasteiger partial charge in [0, 0.05) is 12.1 Å². The van der Waals surface area contributed by atoms with Crippen LogP contribution in [0.3, 0.4) is 0 Å². The summed E-state index contributed by atoms with van der Waals surface area (Å²) in [6.07, 6.45) is -0.0801. The summed E-state index contributed by atoms with van der Waals surface area (Å²) in [6.45, 7) is 7.64. The van der Waals surface area contributed by atoms with Crippen LogP contribution in [0.5, 0.6) is 5.75 Å². The van der Waals surface area contributed by atoms with Crippen LogP contribution in [0.4, 0.5) is 5.69 Å². The van der Waals surface area contributed by atoms with Crippen LogP contribution in [-0.2, 0) is 9.53 Å². The Hall–Kier alpha value is -1.75. The van der Waals surface area contributed by atoms with Crippen LogP contribution in [0.25, 0.3) is 0 Å². The fourth-order valence-corrected chi connectivity index (χ4v) is 2.37. The summed E-state index contributed by atoms with van der Waals surface area (Å²) in [5.74, 6) is -0.943. The summed E-state index contributed by atoms with van der Waals surface area (Å²) >= 11 is 6.08. The van der Waals surface area contributed by atoms with Crippen molar-refractivity contribution >= 4 is 29.2 Å². The van der Waals surface area contributed by atoms with Gasteiger partial charge in [0.2, 0.25) is 0 Å². The second-order valence-electron chi connectivity index (χ2n) is 6.54. The molecule has 0 bridgehead atoms. The van der Waals surface area contributed by atoms with Crippen LogP contribution in [0.2, 0.25) is 5.02 Å². The van der Waals surface area contributed by atoms with E-state index in [9.17, 15) is 9.59 Å². The van der Waals surface area contributed by atoms with Crippen molar-refractivity contribution in [2.24, 2.45) is 5.41 Å². The molecule has 5 nitrogen and oxygen atoms in total. The molecule has 1 heterocycles. The molecular weight excluding hydrogens is 306 g/mol. The molecule has 1 aliphatic heterocycles. The molecule has 120 valence electrons. The van der Waals surface area contributed by atoms with Gasteiger partial charge in [0.1, 0.15) is 11.7 Å². The normalized spacial score (nSPS) is 17.5. The summed E-state index contributed by atoms with van der Waals surface area (Å²) in [5.41, 5.74) is 0.110. The topological polar surface area (TPSA) is 55.8 Å². The van der Waals surface area contributed by atoms with Crippen molar-refractivity contribution in [3.63, 3.8) is 0 Å². The highest BCUT2D eigenvalue weighted by Crippen LogP contribution is 2.39. The number of nitrogens with zero attached hydrogens (tertiary/aromatic N) is 1. The highest BCUT2D eigenvalue weighted by Gasteiger charge is 2.31. The number of fused-ring (bicyclic) bond motifs is 1. The van der Waals surface area contributed by atoms with E-state index in [-0.39, 0.29) is 11.7 Å². The minimum Gasteiger partial charge on any atom is -0.486 e. The molecule has 0 aliphatic carbocycles. The Labute approximate surface area is 135 Å². The van der Waals surface area contributed by atoms with E-state index < -0.39 is 17.4 Å². The predicted octanol–water partition coefficient (Wildman–Crippen LogP) is 3.29. The molecule has 6 heteroatoms. The van der Waals surface area contributed by atoms with Crippen molar-refractivity contribution in [3.8, 4) is 5.75 Å². The Balaban J connectivity index is 2.39. The minimum absolute atomic E-state index is 0.0801. The molecule has 0 radical (unpaired) electrons. The number of esters is 2. The van der Waals surface area contributed by atoms with Gasteiger partial charge in [-0.2, -0.15) is 0 Å². The number of benzene rings is 1. The summed E-state index contributed by atoms with van der Waals surface area (Å²) in [7, 11) is 1.89. The molecule has 0 spiro atoms. The summed E-state index contributed by atoms with van der Waals surface area (Å²) in [5, 5.41) is 0.388. The maximum atomic E-state index is 12.3. The molecule has 2 rings (SSSR count). The lowest BCUT2D eigenvalue weighted by Gasteiger charge is -2.33. The summed E-state index contributed by atoms with van der Waals surface area (Å²) in [6, 6.07) is 3.19. The molecule has 1 aromatic rings. The van der Waals surface area contributed by atoms with E-state index in [0.29, 0.717) is 23.0 Å². The largest absolute Gasteiger partial charge is 0.486 e. The molecule has 0 aromatic heterocycles. The fourth-order valence-electron chi connectivity index (χ4n) is 2.15. The SMILES string of the molecule is CC1CN(C)c2cc(Cl)cc(C(=O)OC(=O)C(C)(C)C)c2O1. The van der Waals surface area contributed by atoms with Crippen LogP contribution >= 0.6 is 11.6 Å². The van der Waals surface area contributed by atoms with Crippen molar-refractivity contribution in [3.05, 3.63) is 22.7 Å². The number of hydrogen-bond acceptors (Lipinski definition) is 5. The van der Waals surface area contributed by atoms with Crippen LogP contribution in [0.15, 0.2) is 12.1 Å². The van der Waals surface area contributed by atoms with Crippen molar-refractivity contribution in [1.82, 2.24) is 0 Å². The Bertz CT molecular complexity index is 621. The third-order valence-electron chi connectivity index (χ3n) is 3.31. The van der Waals surface area contributed by atoms with Gasteiger partial charge >= 0.3 is 11.9 Å². The van der Waals surface area contributed by atoms with Gasteiger partial charge in [-0.1, -0.05) is 11.6 Å². The number of anilines is 1. The number of carbonyl (C=O) groups excluding carboxylic acids is 2. The first-order valence-corrected chi connectivity index (χ1v) is 7.45. The zero-order valence-corrected chi connectivity index (χ0v) is 14.2. The van der Waals surface area contributed by atoms with E-state index in [4.69, 9.17) is 21.1 Å². The second-order valence-corrected chi connectivity index (χ2v) is 6.97. The number of likely N-dealkylation sites (N-methyl/N-ethyl adjacent to an activating group) is 1. The zero-order chi connectivity index (χ0) is 16.7. The Morgan fingerprint density at radius 2 is 2.00 bits per heavy atom. The van der Waals surface area contributed by atoms with E-state index in [1.807, 2.05) is 18.9 Å². The zero-order valence-electron chi connectivity index (χ0n) is 13.4. The lowest BCUT2D eigenvalue weighted by molar-refractivity contribution is -0.146. The average Bonchev–Trinajstić information content (AvgIpc) is 2.37. The molecule has 1 unspecified atom stereocenters. The molecule has 0 amide bonds. The van der Waals surface area contributed by atoms with Gasteiger partial charge in [-0.25, -0.2) is 4.79 Å². The molecule has 0 saturated heterocycles. The van der Waals surface area contributed by atoms with Crippen LogP contribution in [0.1, 0.15) is 38.1 Å². The lowest BCUT2D eigenvalue weighted by atomic mass is 9.97. The third kappa shape index (κ3) is 3.35. The van der Waals surface area contributed by atoms with E-state index >= 15 is 0 Å². The maximum absolute atomic E-state index is 12.3. The number of carbonyl (C=O) groups is 2. The average molecular weight is 326 g/mol. The van der Waals surface area contributed by atoms with Gasteiger partial charge in [-0.05, 0) is 39.8 Å². The summed E-state index contributed by atoms with van der Waals surface area (Å²) in [4.78, 5) is 26.2. The minimum atomic E-state index is -0.765. The van der Waals surface area contributed by atoms with Gasteiger partial charge in [-0.3, -0.25) is 4.79 Å². The van der Waals surface area contributed by atoms with E-state index in [1.165, 1.54) is 6.07 Å². The van der Waals surface area contributed by atoms with Crippen LogP contribution in [0, 0.1) is 5.41 Å². The molecule has 22 heavy (non-hydrogen) atoms. The molecule has 0 saturated carbocycles. The van der Waals surface area contributed by atoms with E-state index in [2.05, 4.69) is 0 Å². The number of halogens is 1. The second kappa shape index (κ2) is 5.80. The molecule has 0 N–H and O–H groups in total. The number of hydrogen-bond donors (Lipinski definition) is 0. The maximum Gasteiger partial charge on any atom is 0.349 e. The van der Waals surface area contributed by atoms with Gasteiger partial charge in [-0.15, -0.1) is 0 Å². The van der Waals surface area contributed by atoms with Crippen molar-refractivity contribution in [2.45, 2.75) is 33.8 Å². The fraction of sp³-hybridized carbons (Fsp3) is 0.500. The molecule has 1 aliphatic rings. The first-order valence-electron chi connectivity index (χ1n) is 7.07. The van der Waals surface area contributed by atoms with E-state index in [0.717, 1.165) is 0 Å². The Morgan fingerprint density at radius 3 is 2.59 bits per heavy atom. The van der Waals surface area contributed by atoms with Crippen molar-refractivity contribution in [1.29, 1.82) is 0 Å². The smallest absolute Gasteiger partial charge is 0.349 e. The third-order valence-corrected chi connectivity index (χ3v) is 3.53. The van der Waals surface area contributed by atoms with Gasteiger partial charge in [0.15, 0.2) is 5.75 Å². The van der Waals surface area contributed by atoms with Crippen molar-refractivity contribution in [2.75, 3.05) is 18.5 Å². The Kier molecular flexibility index (Phi) is 4.38. The van der Waals surface area contributed by atoms with Gasteiger partial charge < -0.3 is 14.4 Å². The van der Waals surface area contributed by atoms with Crippen LogP contribution in [-0.4, -0.2) is 31.6 Å². The number of rotatable bonds is 1. The lowest BCUT2D eigenvalue weighted by Crippen LogP contribution is -2.36. The quantitative estimate of drug-likeness (QED) is 0.586. The first-order chi connectivity index (χ1) is 10.1. The first kappa shape index (κ1) is 16.6. The highest BCUT2D eigenvalue weighted by molar-refractivity contribution is 6.31. The number of ether oxygens (including phenoxy) is 2. The van der Waals surface area contributed by atoms with Crippen molar-refractivity contribution < 1.29 is 19.1 Å². The van der Waals surface area contributed by atoms with Gasteiger partial charge in [0.25, 0.3) is 0 Å². The molecular formula is C16H20ClNO4. The predicted molar refractivity (Wildman–Crippen MR) is 84.7 cm³/mol. The molecule has 1 atom stereocenters. The Morgan fingerprint density at radius 1 is 1.36 bits per heavy atom. The van der Waals surface area contributed by atoms with Crippen LogP contribution < -0.4 is 9.64 Å². The van der Waals surface area contributed by atoms with E-state index in [1.54, 1.807) is 26.8 Å². The van der Waals surface area contributed by atoms with Gasteiger partial charge in [0.05, 0.1) is 17.6 Å².